The third-order valence-electron chi connectivity index (χ3n) is 8.52. The molecular formula is C27H30N2O8. The van der Waals surface area contributed by atoms with E-state index >= 15 is 0 Å². The van der Waals surface area contributed by atoms with E-state index in [0.717, 1.165) is 24.8 Å². The third-order valence-corrected chi connectivity index (χ3v) is 8.52. The standard InChI is InChI=1S/C27H30N2O8/c1-10-13-8-7-12(9-11-5-4-6-11)20(30)15(13)21(31)16-14(10)22(32)18-19(29(2)3)23(33)17(26(28)36)25(35)27(18,37)24(16)34/h7-10,14,18-19,22,30-32,35,37H,4-6H2,1-3H3,(H2,28,36)/t10-,14+,18+,19?,22-,27-/m0/s1. The number of phenolic OH excluding ortho intramolecular Hbond substituents is 1. The number of nitrogens with zero attached hydrogens (tertiary/aromatic N) is 1. The van der Waals surface area contributed by atoms with Crippen LogP contribution >= 0.6 is 0 Å². The number of rotatable bonds is 3. The molecule has 10 heteroatoms. The second-order valence-corrected chi connectivity index (χ2v) is 10.7. The first-order valence-electron chi connectivity index (χ1n) is 12.2. The average molecular weight is 511 g/mol. The lowest BCUT2D eigenvalue weighted by Gasteiger charge is -2.53. The molecule has 196 valence electrons. The molecule has 7 N–H and O–H groups in total. The Kier molecular flexibility index (Phi) is 5.63. The summed E-state index contributed by atoms with van der Waals surface area (Å²) in [7, 11) is 2.94. The van der Waals surface area contributed by atoms with Crippen molar-refractivity contribution in [1.29, 1.82) is 0 Å². The normalized spacial score (nSPS) is 33.1. The minimum Gasteiger partial charge on any atom is -0.508 e. The summed E-state index contributed by atoms with van der Waals surface area (Å²) in [5.74, 6) is -8.81. The highest BCUT2D eigenvalue weighted by Gasteiger charge is 2.68. The lowest BCUT2D eigenvalue weighted by molar-refractivity contribution is -0.169. The molecule has 6 atom stereocenters. The number of aliphatic hydroxyl groups excluding tert-OH is 3. The average Bonchev–Trinajstić information content (AvgIpc) is 2.79. The van der Waals surface area contributed by atoms with Crippen molar-refractivity contribution in [1.82, 2.24) is 4.90 Å². The van der Waals surface area contributed by atoms with Gasteiger partial charge in [0.25, 0.3) is 5.91 Å². The molecule has 0 bridgehead atoms. The number of phenols is 1. The molecule has 0 saturated heterocycles. The molecule has 2 fully saturated rings. The van der Waals surface area contributed by atoms with Crippen LogP contribution in [-0.2, 0) is 14.4 Å². The summed E-state index contributed by atoms with van der Waals surface area (Å²) >= 11 is 0. The molecule has 1 amide bonds. The topological polar surface area (TPSA) is 182 Å². The Morgan fingerprint density at radius 2 is 1.81 bits per heavy atom. The van der Waals surface area contributed by atoms with Crippen molar-refractivity contribution in [3.8, 4) is 5.75 Å². The lowest BCUT2D eigenvalue weighted by Crippen LogP contribution is -2.70. The van der Waals surface area contributed by atoms with Crippen LogP contribution in [0, 0.1) is 11.8 Å². The number of Topliss-reactive ketones (excluding diaryl/α,β-unsaturated/α-hetero) is 2. The predicted octanol–water partition coefficient (Wildman–Crippen LogP) is 1.06. The van der Waals surface area contributed by atoms with E-state index in [1.807, 2.05) is 6.08 Å². The Bertz CT molecular complexity index is 1350. The second kappa shape index (κ2) is 8.27. The molecule has 0 aromatic heterocycles. The van der Waals surface area contributed by atoms with Crippen LogP contribution in [0.5, 0.6) is 5.75 Å². The van der Waals surface area contributed by atoms with E-state index < -0.39 is 75.6 Å². The van der Waals surface area contributed by atoms with Crippen molar-refractivity contribution >= 4 is 29.3 Å². The zero-order valence-corrected chi connectivity index (χ0v) is 20.7. The number of hydrogen-bond donors (Lipinski definition) is 6. The van der Waals surface area contributed by atoms with Crippen LogP contribution in [0.4, 0.5) is 0 Å². The number of amides is 1. The van der Waals surface area contributed by atoms with Gasteiger partial charge in [-0.05, 0) is 44.8 Å². The van der Waals surface area contributed by atoms with E-state index in [9.17, 15) is 39.9 Å². The fourth-order valence-electron chi connectivity index (χ4n) is 6.49. The molecule has 5 rings (SSSR count). The fourth-order valence-corrected chi connectivity index (χ4v) is 6.49. The van der Waals surface area contributed by atoms with E-state index in [2.05, 4.69) is 0 Å². The van der Waals surface area contributed by atoms with Crippen molar-refractivity contribution in [3.63, 3.8) is 0 Å². The molecule has 4 aliphatic rings. The SMILES string of the molecule is C[C@H]1c2ccc(C=C3CCC3)c(O)c2C(O)=C2C(=O)[C@]3(O)C(O)=C(C(N)=O)C(=O)C(N(C)C)[C@@H]3[C@@H](O)[C@@H]21. The van der Waals surface area contributed by atoms with Crippen molar-refractivity contribution in [2.24, 2.45) is 17.6 Å². The van der Waals surface area contributed by atoms with Crippen LogP contribution in [0.25, 0.3) is 11.8 Å². The van der Waals surface area contributed by atoms with Gasteiger partial charge in [-0.1, -0.05) is 30.7 Å². The number of ketones is 2. The summed E-state index contributed by atoms with van der Waals surface area (Å²) in [6.07, 6.45) is 3.09. The van der Waals surface area contributed by atoms with Gasteiger partial charge in [-0.3, -0.25) is 19.3 Å². The fraction of sp³-hybridized carbons (Fsp3) is 0.444. The quantitative estimate of drug-likeness (QED) is 0.324. The first-order valence-corrected chi connectivity index (χ1v) is 12.2. The molecular weight excluding hydrogens is 480 g/mol. The van der Waals surface area contributed by atoms with Crippen LogP contribution in [-0.4, -0.2) is 79.7 Å². The van der Waals surface area contributed by atoms with E-state index in [4.69, 9.17) is 5.73 Å². The second-order valence-electron chi connectivity index (χ2n) is 10.7. The maximum atomic E-state index is 14.0. The van der Waals surface area contributed by atoms with Crippen LogP contribution in [0.15, 0.2) is 34.6 Å². The minimum atomic E-state index is -2.91. The summed E-state index contributed by atoms with van der Waals surface area (Å²) in [5.41, 5.74) is 3.18. The number of fused-ring (bicyclic) bond motifs is 3. The molecule has 1 unspecified atom stereocenters. The van der Waals surface area contributed by atoms with E-state index in [1.165, 1.54) is 19.0 Å². The molecule has 1 aromatic rings. The first-order chi connectivity index (χ1) is 17.3. The number of aliphatic hydroxyl groups is 4. The molecule has 10 nitrogen and oxygen atoms in total. The number of nitrogens with two attached hydrogens (primary N) is 1. The number of carbonyl (C=O) groups is 3. The van der Waals surface area contributed by atoms with Gasteiger partial charge in [0.15, 0.2) is 11.4 Å². The molecule has 4 aliphatic carbocycles. The van der Waals surface area contributed by atoms with Gasteiger partial charge in [0.1, 0.15) is 22.8 Å². The molecule has 1 aromatic carbocycles. The van der Waals surface area contributed by atoms with Crippen molar-refractivity contribution in [2.45, 2.75) is 49.9 Å². The Morgan fingerprint density at radius 1 is 1.16 bits per heavy atom. The van der Waals surface area contributed by atoms with Gasteiger partial charge in [0.05, 0.1) is 23.6 Å². The van der Waals surface area contributed by atoms with Crippen LogP contribution < -0.4 is 5.73 Å². The van der Waals surface area contributed by atoms with Gasteiger partial charge in [-0.15, -0.1) is 0 Å². The molecule has 0 radical (unpaired) electrons. The smallest absolute Gasteiger partial charge is 0.255 e. The highest BCUT2D eigenvalue weighted by atomic mass is 16.4. The number of allylic oxidation sites excluding steroid dienone is 1. The predicted molar refractivity (Wildman–Crippen MR) is 132 cm³/mol. The molecule has 2 saturated carbocycles. The number of carbonyl (C=O) groups excluding carboxylic acids is 3. The highest BCUT2D eigenvalue weighted by molar-refractivity contribution is 6.24. The summed E-state index contributed by atoms with van der Waals surface area (Å²) in [6.45, 7) is 1.71. The monoisotopic (exact) mass is 510 g/mol. The van der Waals surface area contributed by atoms with Crippen molar-refractivity contribution < 1.29 is 39.9 Å². The first kappa shape index (κ1) is 25.2. The Morgan fingerprint density at radius 3 is 2.35 bits per heavy atom. The maximum Gasteiger partial charge on any atom is 0.255 e. The lowest BCUT2D eigenvalue weighted by atomic mass is 9.54. The van der Waals surface area contributed by atoms with E-state index in [-0.39, 0.29) is 11.3 Å². The highest BCUT2D eigenvalue weighted by Crippen LogP contribution is 2.56. The van der Waals surface area contributed by atoms with Gasteiger partial charge in [0.2, 0.25) is 5.78 Å². The minimum absolute atomic E-state index is 0.00432. The summed E-state index contributed by atoms with van der Waals surface area (Å²) in [5, 5.41) is 56.7. The summed E-state index contributed by atoms with van der Waals surface area (Å²) in [6, 6.07) is 2.06. The molecule has 37 heavy (non-hydrogen) atoms. The third kappa shape index (κ3) is 3.19. The van der Waals surface area contributed by atoms with Crippen LogP contribution in [0.1, 0.15) is 48.8 Å². The van der Waals surface area contributed by atoms with Crippen molar-refractivity contribution in [2.75, 3.05) is 14.1 Å². The largest absolute Gasteiger partial charge is 0.508 e. The Balaban J connectivity index is 1.77. The van der Waals surface area contributed by atoms with E-state index in [1.54, 1.807) is 19.1 Å². The van der Waals surface area contributed by atoms with E-state index in [0.29, 0.717) is 11.1 Å². The molecule has 0 aliphatic heterocycles. The van der Waals surface area contributed by atoms with Gasteiger partial charge in [0, 0.05) is 17.1 Å². The van der Waals surface area contributed by atoms with Gasteiger partial charge in [-0.25, -0.2) is 0 Å². The number of aromatic hydroxyl groups is 1. The van der Waals surface area contributed by atoms with Crippen LogP contribution in [0.3, 0.4) is 0 Å². The Hall–Kier alpha value is -3.47. The van der Waals surface area contributed by atoms with Crippen LogP contribution in [0.2, 0.25) is 0 Å². The summed E-state index contributed by atoms with van der Waals surface area (Å²) in [4.78, 5) is 40.6. The number of benzene rings is 1. The number of likely N-dealkylation sites (N-methyl/N-ethyl adjacent to an activating group) is 1. The zero-order valence-electron chi connectivity index (χ0n) is 20.7. The van der Waals surface area contributed by atoms with Gasteiger partial charge < -0.3 is 31.3 Å². The number of primary amides is 1. The number of hydrogen-bond acceptors (Lipinski definition) is 9. The zero-order chi connectivity index (χ0) is 27.1. The Labute approximate surface area is 213 Å². The summed E-state index contributed by atoms with van der Waals surface area (Å²) < 4.78 is 0. The van der Waals surface area contributed by atoms with Gasteiger partial charge in [-0.2, -0.15) is 0 Å². The molecule has 0 heterocycles. The maximum absolute atomic E-state index is 14.0. The molecule has 0 spiro atoms. The van der Waals surface area contributed by atoms with Gasteiger partial charge >= 0.3 is 0 Å². The van der Waals surface area contributed by atoms with Crippen molar-refractivity contribution in [3.05, 3.63) is 51.3 Å².